The van der Waals surface area contributed by atoms with Crippen LogP contribution in [0.5, 0.6) is 5.75 Å². The zero-order chi connectivity index (χ0) is 16.5. The summed E-state index contributed by atoms with van der Waals surface area (Å²) in [7, 11) is 4.08. The van der Waals surface area contributed by atoms with Crippen molar-refractivity contribution in [2.24, 2.45) is 11.8 Å². The molecule has 1 aliphatic carbocycles. The maximum atomic E-state index is 11.5. The molecule has 22 heavy (non-hydrogen) atoms. The van der Waals surface area contributed by atoms with E-state index in [1.807, 2.05) is 34.0 Å². The molecule has 0 bridgehead atoms. The first-order chi connectivity index (χ1) is 10.2. The lowest BCUT2D eigenvalue weighted by Crippen LogP contribution is -2.45. The van der Waals surface area contributed by atoms with Gasteiger partial charge in [0.25, 0.3) is 0 Å². The van der Waals surface area contributed by atoms with Crippen LogP contribution in [-0.2, 0) is 5.60 Å². The molecule has 3 atom stereocenters. The fourth-order valence-corrected chi connectivity index (χ4v) is 3.76. The summed E-state index contributed by atoms with van der Waals surface area (Å²) >= 11 is 0. The number of phenols is 1. The van der Waals surface area contributed by atoms with Crippen LogP contribution < -0.4 is 0 Å². The number of benzene rings is 1. The SMILES string of the molecule is C=C(C)[C@H]1CC[C@H](CN(C)C)[C@@](O)(c2cc(C)cc(O)c2)C1. The van der Waals surface area contributed by atoms with E-state index in [1.54, 1.807) is 12.1 Å². The Morgan fingerprint density at radius 2 is 2.00 bits per heavy atom. The van der Waals surface area contributed by atoms with E-state index in [0.717, 1.165) is 36.1 Å². The van der Waals surface area contributed by atoms with Crippen molar-refractivity contribution in [3.8, 4) is 5.75 Å². The first kappa shape index (κ1) is 17.0. The van der Waals surface area contributed by atoms with Gasteiger partial charge in [0.05, 0.1) is 5.60 Å². The number of hydrogen-bond donors (Lipinski definition) is 2. The Morgan fingerprint density at radius 3 is 2.55 bits per heavy atom. The molecular weight excluding hydrogens is 274 g/mol. The van der Waals surface area contributed by atoms with E-state index in [1.165, 1.54) is 0 Å². The fraction of sp³-hybridized carbons (Fsp3) is 0.579. The van der Waals surface area contributed by atoms with Gasteiger partial charge in [-0.05, 0) is 76.4 Å². The van der Waals surface area contributed by atoms with Crippen LogP contribution in [0.4, 0.5) is 0 Å². The van der Waals surface area contributed by atoms with Crippen LogP contribution in [-0.4, -0.2) is 35.8 Å². The van der Waals surface area contributed by atoms with Crippen molar-refractivity contribution < 1.29 is 10.2 Å². The number of aromatic hydroxyl groups is 1. The second-order valence-corrected chi connectivity index (χ2v) is 7.27. The summed E-state index contributed by atoms with van der Waals surface area (Å²) in [6.45, 7) is 8.93. The molecule has 0 saturated heterocycles. The van der Waals surface area contributed by atoms with Crippen LogP contribution in [0.15, 0.2) is 30.4 Å². The Kier molecular flexibility index (Phi) is 4.98. The van der Waals surface area contributed by atoms with Crippen LogP contribution in [0.3, 0.4) is 0 Å². The van der Waals surface area contributed by atoms with E-state index in [2.05, 4.69) is 11.5 Å². The van der Waals surface area contributed by atoms with E-state index in [-0.39, 0.29) is 11.7 Å². The molecule has 3 nitrogen and oxygen atoms in total. The lowest BCUT2D eigenvalue weighted by atomic mass is 9.66. The number of nitrogens with zero attached hydrogens (tertiary/aromatic N) is 1. The van der Waals surface area contributed by atoms with Gasteiger partial charge in [-0.3, -0.25) is 0 Å². The molecule has 2 N–H and O–H groups in total. The van der Waals surface area contributed by atoms with Gasteiger partial charge in [-0.1, -0.05) is 18.2 Å². The van der Waals surface area contributed by atoms with Crippen LogP contribution in [0.2, 0.25) is 0 Å². The van der Waals surface area contributed by atoms with Crippen molar-refractivity contribution in [2.45, 2.75) is 38.7 Å². The predicted octanol–water partition coefficient (Wildman–Crippen LogP) is 3.44. The highest BCUT2D eigenvalue weighted by Crippen LogP contribution is 2.46. The Morgan fingerprint density at radius 1 is 1.32 bits per heavy atom. The van der Waals surface area contributed by atoms with Gasteiger partial charge < -0.3 is 15.1 Å². The average molecular weight is 303 g/mol. The molecule has 122 valence electrons. The second-order valence-electron chi connectivity index (χ2n) is 7.27. The van der Waals surface area contributed by atoms with Gasteiger partial charge in [0.15, 0.2) is 0 Å². The van der Waals surface area contributed by atoms with Crippen LogP contribution in [0.25, 0.3) is 0 Å². The maximum Gasteiger partial charge on any atom is 0.116 e. The average Bonchev–Trinajstić information content (AvgIpc) is 2.39. The standard InChI is InChI=1S/C19H29NO2/c1-13(2)15-6-7-16(12-20(4)5)19(22,11-15)17-8-14(3)9-18(21)10-17/h8-10,15-16,21-22H,1,6-7,11-12H2,2-5H3/t15-,16+,19+/m0/s1. The molecule has 1 saturated carbocycles. The topological polar surface area (TPSA) is 43.7 Å². The summed E-state index contributed by atoms with van der Waals surface area (Å²) in [6.07, 6.45) is 2.73. The molecule has 1 fully saturated rings. The number of allylic oxidation sites excluding steroid dienone is 1. The minimum Gasteiger partial charge on any atom is -0.508 e. The van der Waals surface area contributed by atoms with Crippen molar-refractivity contribution in [1.29, 1.82) is 0 Å². The molecule has 0 heterocycles. The second kappa shape index (κ2) is 6.43. The minimum absolute atomic E-state index is 0.166. The lowest BCUT2D eigenvalue weighted by Gasteiger charge is -2.45. The molecule has 0 aliphatic heterocycles. The summed E-state index contributed by atoms with van der Waals surface area (Å²) in [5.41, 5.74) is 2.04. The highest BCUT2D eigenvalue weighted by molar-refractivity contribution is 5.37. The smallest absolute Gasteiger partial charge is 0.116 e. The Balaban J connectivity index is 2.42. The summed E-state index contributed by atoms with van der Waals surface area (Å²) in [5, 5.41) is 21.5. The van der Waals surface area contributed by atoms with Crippen LogP contribution >= 0.6 is 0 Å². The van der Waals surface area contributed by atoms with Gasteiger partial charge in [-0.25, -0.2) is 0 Å². The quantitative estimate of drug-likeness (QED) is 0.837. The number of rotatable bonds is 4. The molecule has 0 aromatic heterocycles. The molecule has 0 radical (unpaired) electrons. The molecule has 2 rings (SSSR count). The van der Waals surface area contributed by atoms with Crippen molar-refractivity contribution in [3.05, 3.63) is 41.5 Å². The molecule has 1 aliphatic rings. The fourth-order valence-electron chi connectivity index (χ4n) is 3.76. The number of phenolic OH excluding ortho intramolecular Hbond substituents is 1. The zero-order valence-corrected chi connectivity index (χ0v) is 14.3. The van der Waals surface area contributed by atoms with Gasteiger partial charge in [-0.15, -0.1) is 0 Å². The normalized spacial score (nSPS) is 28.8. The van der Waals surface area contributed by atoms with Gasteiger partial charge in [0.2, 0.25) is 0 Å². The first-order valence-corrected chi connectivity index (χ1v) is 8.06. The van der Waals surface area contributed by atoms with Crippen LogP contribution in [0.1, 0.15) is 37.3 Å². The molecular formula is C19H29NO2. The third kappa shape index (κ3) is 3.53. The summed E-state index contributed by atoms with van der Waals surface area (Å²) < 4.78 is 0. The Labute approximate surface area is 134 Å². The van der Waals surface area contributed by atoms with E-state index >= 15 is 0 Å². The monoisotopic (exact) mass is 303 g/mol. The summed E-state index contributed by atoms with van der Waals surface area (Å²) in [4.78, 5) is 2.13. The van der Waals surface area contributed by atoms with E-state index < -0.39 is 5.60 Å². The minimum atomic E-state index is -0.907. The zero-order valence-electron chi connectivity index (χ0n) is 14.3. The number of aliphatic hydroxyl groups is 1. The van der Waals surface area contributed by atoms with E-state index in [9.17, 15) is 10.2 Å². The molecule has 0 spiro atoms. The first-order valence-electron chi connectivity index (χ1n) is 8.06. The maximum absolute atomic E-state index is 11.5. The molecule has 0 amide bonds. The van der Waals surface area contributed by atoms with Gasteiger partial charge in [-0.2, -0.15) is 0 Å². The van der Waals surface area contributed by atoms with Crippen molar-refractivity contribution in [2.75, 3.05) is 20.6 Å². The summed E-state index contributed by atoms with van der Waals surface area (Å²) in [6, 6.07) is 5.45. The highest BCUT2D eigenvalue weighted by atomic mass is 16.3. The van der Waals surface area contributed by atoms with Gasteiger partial charge in [0, 0.05) is 12.5 Å². The van der Waals surface area contributed by atoms with Crippen molar-refractivity contribution in [3.63, 3.8) is 0 Å². The molecule has 1 aromatic carbocycles. The molecule has 1 aromatic rings. The predicted molar refractivity (Wildman–Crippen MR) is 90.9 cm³/mol. The van der Waals surface area contributed by atoms with Crippen molar-refractivity contribution >= 4 is 0 Å². The number of aryl methyl sites for hydroxylation is 1. The summed E-state index contributed by atoms with van der Waals surface area (Å²) in [5.74, 6) is 0.731. The van der Waals surface area contributed by atoms with Crippen LogP contribution in [0, 0.1) is 18.8 Å². The highest BCUT2D eigenvalue weighted by Gasteiger charge is 2.44. The van der Waals surface area contributed by atoms with E-state index in [0.29, 0.717) is 12.3 Å². The third-order valence-corrected chi connectivity index (χ3v) is 4.94. The third-order valence-electron chi connectivity index (χ3n) is 4.94. The van der Waals surface area contributed by atoms with Gasteiger partial charge >= 0.3 is 0 Å². The Bertz CT molecular complexity index is 532. The van der Waals surface area contributed by atoms with Gasteiger partial charge in [0.1, 0.15) is 5.75 Å². The van der Waals surface area contributed by atoms with Crippen molar-refractivity contribution in [1.82, 2.24) is 4.90 Å². The molecule has 0 unspecified atom stereocenters. The number of hydrogen-bond acceptors (Lipinski definition) is 3. The largest absolute Gasteiger partial charge is 0.508 e. The Hall–Kier alpha value is -1.32. The molecule has 3 heteroatoms. The van der Waals surface area contributed by atoms with E-state index in [4.69, 9.17) is 0 Å². The lowest BCUT2D eigenvalue weighted by molar-refractivity contribution is -0.0742.